The lowest BCUT2D eigenvalue weighted by molar-refractivity contribution is 0.294. The minimum Gasteiger partial charge on any atom is -0.496 e. The Balaban J connectivity index is 2.16. The van der Waals surface area contributed by atoms with Crippen LogP contribution in [0.15, 0.2) is 36.4 Å². The van der Waals surface area contributed by atoms with Gasteiger partial charge in [-0.3, -0.25) is 0 Å². The van der Waals surface area contributed by atoms with Crippen LogP contribution in [0.3, 0.4) is 0 Å². The smallest absolute Gasteiger partial charge is 0.127 e. The SMILES string of the molecule is COc1cc(N)ccc1COc1cc(C)ccc1C. The van der Waals surface area contributed by atoms with Gasteiger partial charge in [0.25, 0.3) is 0 Å². The monoisotopic (exact) mass is 257 g/mol. The molecular weight excluding hydrogens is 238 g/mol. The number of rotatable bonds is 4. The Hall–Kier alpha value is -2.16. The zero-order chi connectivity index (χ0) is 13.8. The van der Waals surface area contributed by atoms with Crippen molar-refractivity contribution in [1.82, 2.24) is 0 Å². The third-order valence-electron chi connectivity index (χ3n) is 3.04. The maximum Gasteiger partial charge on any atom is 0.127 e. The number of hydrogen-bond donors (Lipinski definition) is 1. The second kappa shape index (κ2) is 5.65. The Labute approximate surface area is 114 Å². The lowest BCUT2D eigenvalue weighted by atomic mass is 10.1. The van der Waals surface area contributed by atoms with Crippen LogP contribution in [0.2, 0.25) is 0 Å². The molecule has 2 N–H and O–H groups in total. The molecule has 2 rings (SSSR count). The molecule has 2 aromatic carbocycles. The van der Waals surface area contributed by atoms with Gasteiger partial charge in [-0.1, -0.05) is 12.1 Å². The summed E-state index contributed by atoms with van der Waals surface area (Å²) in [4.78, 5) is 0. The molecule has 2 aromatic rings. The van der Waals surface area contributed by atoms with Crippen LogP contribution in [0.4, 0.5) is 5.69 Å². The molecule has 0 amide bonds. The van der Waals surface area contributed by atoms with Crippen LogP contribution < -0.4 is 15.2 Å². The van der Waals surface area contributed by atoms with E-state index in [1.165, 1.54) is 5.56 Å². The van der Waals surface area contributed by atoms with Crippen LogP contribution in [0.25, 0.3) is 0 Å². The number of methoxy groups -OCH3 is 1. The van der Waals surface area contributed by atoms with E-state index in [2.05, 4.69) is 19.1 Å². The predicted octanol–water partition coefficient (Wildman–Crippen LogP) is 3.47. The third kappa shape index (κ3) is 3.19. The highest BCUT2D eigenvalue weighted by atomic mass is 16.5. The van der Waals surface area contributed by atoms with Gasteiger partial charge in [-0.15, -0.1) is 0 Å². The average molecular weight is 257 g/mol. The molecule has 100 valence electrons. The molecule has 0 heterocycles. The number of ether oxygens (including phenoxy) is 2. The van der Waals surface area contributed by atoms with E-state index in [0.29, 0.717) is 12.3 Å². The fourth-order valence-electron chi connectivity index (χ4n) is 1.90. The first-order chi connectivity index (χ1) is 9.10. The van der Waals surface area contributed by atoms with Crippen molar-refractivity contribution in [3.05, 3.63) is 53.1 Å². The Morgan fingerprint density at radius 3 is 2.53 bits per heavy atom. The molecule has 3 nitrogen and oxygen atoms in total. The molecule has 0 bridgehead atoms. The molecule has 0 saturated carbocycles. The normalized spacial score (nSPS) is 10.3. The second-order valence-electron chi connectivity index (χ2n) is 4.63. The lowest BCUT2D eigenvalue weighted by Crippen LogP contribution is -2.01. The number of aryl methyl sites for hydroxylation is 2. The van der Waals surface area contributed by atoms with E-state index < -0.39 is 0 Å². The molecule has 0 radical (unpaired) electrons. The van der Waals surface area contributed by atoms with Gasteiger partial charge in [0.1, 0.15) is 18.1 Å². The first kappa shape index (κ1) is 13.3. The summed E-state index contributed by atoms with van der Waals surface area (Å²) >= 11 is 0. The van der Waals surface area contributed by atoms with Gasteiger partial charge in [-0.05, 0) is 43.2 Å². The molecule has 3 heteroatoms. The van der Waals surface area contributed by atoms with Crippen molar-refractivity contribution in [3.63, 3.8) is 0 Å². The van der Waals surface area contributed by atoms with Gasteiger partial charge in [0, 0.05) is 17.3 Å². The van der Waals surface area contributed by atoms with Gasteiger partial charge in [-0.25, -0.2) is 0 Å². The van der Waals surface area contributed by atoms with Crippen molar-refractivity contribution in [2.75, 3.05) is 12.8 Å². The maximum atomic E-state index is 5.87. The van der Waals surface area contributed by atoms with E-state index in [1.54, 1.807) is 7.11 Å². The average Bonchev–Trinajstić information content (AvgIpc) is 2.40. The summed E-state index contributed by atoms with van der Waals surface area (Å²) in [5.41, 5.74) is 9.71. The molecule has 0 saturated heterocycles. The van der Waals surface area contributed by atoms with E-state index in [4.69, 9.17) is 15.2 Å². The molecule has 0 fully saturated rings. The highest BCUT2D eigenvalue weighted by Crippen LogP contribution is 2.25. The number of nitrogens with two attached hydrogens (primary N) is 1. The Morgan fingerprint density at radius 2 is 1.79 bits per heavy atom. The van der Waals surface area contributed by atoms with Crippen LogP contribution in [0.5, 0.6) is 11.5 Å². The summed E-state index contributed by atoms with van der Waals surface area (Å²) in [6.07, 6.45) is 0. The molecule has 0 aromatic heterocycles. The fraction of sp³-hybridized carbons (Fsp3) is 0.250. The largest absolute Gasteiger partial charge is 0.496 e. The summed E-state index contributed by atoms with van der Waals surface area (Å²) in [6, 6.07) is 11.8. The van der Waals surface area contributed by atoms with Gasteiger partial charge in [0.2, 0.25) is 0 Å². The first-order valence-corrected chi connectivity index (χ1v) is 6.22. The highest BCUT2D eigenvalue weighted by Gasteiger charge is 2.06. The van der Waals surface area contributed by atoms with E-state index >= 15 is 0 Å². The van der Waals surface area contributed by atoms with Crippen molar-refractivity contribution < 1.29 is 9.47 Å². The molecule has 0 unspecified atom stereocenters. The lowest BCUT2D eigenvalue weighted by Gasteiger charge is -2.13. The van der Waals surface area contributed by atoms with Crippen molar-refractivity contribution in [3.8, 4) is 11.5 Å². The van der Waals surface area contributed by atoms with E-state index in [1.807, 2.05) is 31.2 Å². The van der Waals surface area contributed by atoms with Crippen molar-refractivity contribution in [2.24, 2.45) is 0 Å². The summed E-state index contributed by atoms with van der Waals surface area (Å²) in [5, 5.41) is 0. The molecule has 0 spiro atoms. The maximum absolute atomic E-state index is 5.87. The molecule has 19 heavy (non-hydrogen) atoms. The molecule has 0 aliphatic carbocycles. The van der Waals surface area contributed by atoms with Crippen molar-refractivity contribution >= 4 is 5.69 Å². The van der Waals surface area contributed by atoms with Crippen LogP contribution in [-0.4, -0.2) is 7.11 Å². The Morgan fingerprint density at radius 1 is 1.00 bits per heavy atom. The number of nitrogen functional groups attached to an aromatic ring is 1. The third-order valence-corrected chi connectivity index (χ3v) is 3.04. The zero-order valence-corrected chi connectivity index (χ0v) is 11.6. The Bertz CT molecular complexity index is 579. The van der Waals surface area contributed by atoms with E-state index in [-0.39, 0.29) is 0 Å². The molecule has 0 atom stereocenters. The fourth-order valence-corrected chi connectivity index (χ4v) is 1.90. The van der Waals surface area contributed by atoms with Gasteiger partial charge >= 0.3 is 0 Å². The van der Waals surface area contributed by atoms with Crippen molar-refractivity contribution in [2.45, 2.75) is 20.5 Å². The predicted molar refractivity (Wildman–Crippen MR) is 77.7 cm³/mol. The van der Waals surface area contributed by atoms with Gasteiger partial charge < -0.3 is 15.2 Å². The minimum absolute atomic E-state index is 0.466. The number of hydrogen-bond acceptors (Lipinski definition) is 3. The second-order valence-corrected chi connectivity index (χ2v) is 4.63. The quantitative estimate of drug-likeness (QED) is 0.853. The van der Waals surface area contributed by atoms with Crippen molar-refractivity contribution in [1.29, 1.82) is 0 Å². The van der Waals surface area contributed by atoms with E-state index in [9.17, 15) is 0 Å². The standard InChI is InChI=1S/C16H19NO2/c1-11-4-5-12(2)15(8-11)19-10-13-6-7-14(17)9-16(13)18-3/h4-9H,10,17H2,1-3H3. The molecule has 0 aliphatic rings. The summed E-state index contributed by atoms with van der Waals surface area (Å²) in [6.45, 7) is 4.55. The summed E-state index contributed by atoms with van der Waals surface area (Å²) in [5.74, 6) is 1.66. The summed E-state index contributed by atoms with van der Waals surface area (Å²) < 4.78 is 11.2. The van der Waals surface area contributed by atoms with E-state index in [0.717, 1.165) is 22.6 Å². The number of anilines is 1. The molecular formula is C16H19NO2. The van der Waals surface area contributed by atoms with Crippen LogP contribution in [-0.2, 0) is 6.61 Å². The van der Waals surface area contributed by atoms with Gasteiger partial charge in [-0.2, -0.15) is 0 Å². The highest BCUT2D eigenvalue weighted by molar-refractivity contribution is 5.48. The topological polar surface area (TPSA) is 44.5 Å². The van der Waals surface area contributed by atoms with Crippen LogP contribution >= 0.6 is 0 Å². The minimum atomic E-state index is 0.466. The summed E-state index contributed by atoms with van der Waals surface area (Å²) in [7, 11) is 1.64. The first-order valence-electron chi connectivity index (χ1n) is 6.22. The van der Waals surface area contributed by atoms with Crippen LogP contribution in [0.1, 0.15) is 16.7 Å². The zero-order valence-electron chi connectivity index (χ0n) is 11.6. The Kier molecular flexibility index (Phi) is 3.95. The van der Waals surface area contributed by atoms with Gasteiger partial charge in [0.15, 0.2) is 0 Å². The number of benzene rings is 2. The van der Waals surface area contributed by atoms with Gasteiger partial charge in [0.05, 0.1) is 7.11 Å². The van der Waals surface area contributed by atoms with Crippen LogP contribution in [0, 0.1) is 13.8 Å². The molecule has 0 aliphatic heterocycles.